The summed E-state index contributed by atoms with van der Waals surface area (Å²) in [6, 6.07) is 4.58. The van der Waals surface area contributed by atoms with Gasteiger partial charge >= 0.3 is 0 Å². The highest BCUT2D eigenvalue weighted by atomic mass is 15.1. The van der Waals surface area contributed by atoms with Gasteiger partial charge in [-0.05, 0) is 51.7 Å². The van der Waals surface area contributed by atoms with Crippen LogP contribution in [0.3, 0.4) is 0 Å². The highest BCUT2D eigenvalue weighted by molar-refractivity contribution is 5.42. The Kier molecular flexibility index (Phi) is 2.87. The number of imidazole rings is 1. The third-order valence-corrected chi connectivity index (χ3v) is 3.46. The Bertz CT molecular complexity index is 682. The molecule has 0 radical (unpaired) electrons. The summed E-state index contributed by atoms with van der Waals surface area (Å²) in [4.78, 5) is 8.76. The van der Waals surface area contributed by atoms with E-state index in [4.69, 9.17) is 0 Å². The number of pyridine rings is 1. The lowest BCUT2D eigenvalue weighted by molar-refractivity contribution is 0.690. The van der Waals surface area contributed by atoms with E-state index < -0.39 is 0 Å². The fourth-order valence-electron chi connectivity index (χ4n) is 2.40. The van der Waals surface area contributed by atoms with Gasteiger partial charge in [0.05, 0.1) is 5.69 Å². The molecule has 0 N–H and O–H groups in total. The first-order valence-electron chi connectivity index (χ1n) is 6.65. The van der Waals surface area contributed by atoms with Crippen LogP contribution in [-0.4, -0.2) is 14.5 Å². The molecule has 1 aliphatic carbocycles. The predicted octanol–water partition coefficient (Wildman–Crippen LogP) is 2.94. The van der Waals surface area contributed by atoms with Gasteiger partial charge in [0.2, 0.25) is 0 Å². The molecule has 0 bridgehead atoms. The normalized spacial score (nSPS) is 14.1. The highest BCUT2D eigenvalue weighted by Gasteiger charge is 2.27. The summed E-state index contributed by atoms with van der Waals surface area (Å²) in [5.41, 5.74) is 4.07. The lowest BCUT2D eigenvalue weighted by atomic mass is 10.2. The Morgan fingerprint density at radius 1 is 1.21 bits per heavy atom. The summed E-state index contributed by atoms with van der Waals surface area (Å²) in [6.45, 7) is 6.15. The van der Waals surface area contributed by atoms with Crippen molar-refractivity contribution >= 4 is 0 Å². The van der Waals surface area contributed by atoms with Crippen LogP contribution in [-0.2, 0) is 0 Å². The Morgan fingerprint density at radius 2 is 2.00 bits per heavy atom. The minimum Gasteiger partial charge on any atom is -0.328 e. The first kappa shape index (κ1) is 12.0. The molecule has 0 amide bonds. The maximum atomic E-state index is 4.58. The van der Waals surface area contributed by atoms with Crippen LogP contribution in [0.2, 0.25) is 0 Å². The second-order valence-corrected chi connectivity index (χ2v) is 5.13. The van der Waals surface area contributed by atoms with Gasteiger partial charge < -0.3 is 4.57 Å². The van der Waals surface area contributed by atoms with E-state index in [-0.39, 0.29) is 0 Å². The van der Waals surface area contributed by atoms with E-state index in [1.807, 2.05) is 19.1 Å². The van der Waals surface area contributed by atoms with Crippen molar-refractivity contribution in [2.75, 3.05) is 0 Å². The van der Waals surface area contributed by atoms with E-state index in [9.17, 15) is 0 Å². The summed E-state index contributed by atoms with van der Waals surface area (Å²) >= 11 is 0. The average molecular weight is 251 g/mol. The summed E-state index contributed by atoms with van der Waals surface area (Å²) in [7, 11) is 0. The van der Waals surface area contributed by atoms with Gasteiger partial charge in [0.1, 0.15) is 11.5 Å². The van der Waals surface area contributed by atoms with Gasteiger partial charge in [-0.25, -0.2) is 4.98 Å². The zero-order valence-electron chi connectivity index (χ0n) is 11.6. The molecule has 96 valence electrons. The molecule has 0 aromatic carbocycles. The summed E-state index contributed by atoms with van der Waals surface area (Å²) < 4.78 is 2.32. The smallest absolute Gasteiger partial charge is 0.134 e. The molecule has 1 fully saturated rings. The number of hydrogen-bond acceptors (Lipinski definition) is 2. The molecule has 0 saturated heterocycles. The van der Waals surface area contributed by atoms with E-state index in [2.05, 4.69) is 40.2 Å². The first-order valence-corrected chi connectivity index (χ1v) is 6.65. The lowest BCUT2D eigenvalue weighted by Crippen LogP contribution is -1.98. The van der Waals surface area contributed by atoms with Crippen molar-refractivity contribution in [3.63, 3.8) is 0 Å². The zero-order valence-corrected chi connectivity index (χ0v) is 11.6. The van der Waals surface area contributed by atoms with E-state index in [1.165, 1.54) is 18.5 Å². The van der Waals surface area contributed by atoms with Crippen molar-refractivity contribution < 1.29 is 0 Å². The maximum absolute atomic E-state index is 4.58. The van der Waals surface area contributed by atoms with Crippen LogP contribution in [0.1, 0.15) is 47.4 Å². The largest absolute Gasteiger partial charge is 0.328 e. The molecule has 2 aromatic heterocycles. The van der Waals surface area contributed by atoms with Crippen LogP contribution >= 0.6 is 0 Å². The van der Waals surface area contributed by atoms with Crippen LogP contribution in [0, 0.1) is 32.6 Å². The second kappa shape index (κ2) is 4.55. The van der Waals surface area contributed by atoms with E-state index in [0.717, 1.165) is 22.8 Å². The molecule has 0 unspecified atom stereocenters. The monoisotopic (exact) mass is 251 g/mol. The van der Waals surface area contributed by atoms with Crippen LogP contribution < -0.4 is 0 Å². The molecule has 0 atom stereocenters. The molecule has 2 aromatic rings. The maximum Gasteiger partial charge on any atom is 0.134 e. The van der Waals surface area contributed by atoms with Gasteiger partial charge in [-0.1, -0.05) is 5.92 Å². The Balaban J connectivity index is 1.94. The predicted molar refractivity (Wildman–Crippen MR) is 74.9 cm³/mol. The lowest BCUT2D eigenvalue weighted by Gasteiger charge is -2.03. The molecule has 1 saturated carbocycles. The van der Waals surface area contributed by atoms with Crippen molar-refractivity contribution in [1.29, 1.82) is 0 Å². The Hall–Kier alpha value is -2.08. The van der Waals surface area contributed by atoms with E-state index in [0.29, 0.717) is 6.04 Å². The van der Waals surface area contributed by atoms with Crippen molar-refractivity contribution in [2.45, 2.75) is 39.7 Å². The van der Waals surface area contributed by atoms with Crippen LogP contribution in [0.5, 0.6) is 0 Å². The van der Waals surface area contributed by atoms with Crippen molar-refractivity contribution in [3.8, 4) is 11.8 Å². The molecule has 2 heterocycles. The van der Waals surface area contributed by atoms with Crippen LogP contribution in [0.25, 0.3) is 0 Å². The summed E-state index contributed by atoms with van der Waals surface area (Å²) in [5.74, 6) is 7.45. The number of aromatic nitrogens is 3. The Labute approximate surface area is 113 Å². The standard InChI is InChI=1S/C16H17N3/c1-11-10-14(8-9-17-11)4-7-16-12(2)19(13(3)18-16)15-5-6-15/h8-10,15H,5-6H2,1-3H3. The molecule has 3 nitrogen and oxygen atoms in total. The summed E-state index contributed by atoms with van der Waals surface area (Å²) in [5, 5.41) is 0. The third-order valence-electron chi connectivity index (χ3n) is 3.46. The molecular formula is C16H17N3. The SMILES string of the molecule is Cc1cc(C#Cc2nc(C)n(C3CC3)c2C)ccn1. The number of aryl methyl sites for hydroxylation is 2. The van der Waals surface area contributed by atoms with Crippen molar-refractivity contribution in [3.05, 3.63) is 46.8 Å². The van der Waals surface area contributed by atoms with Gasteiger partial charge in [0, 0.05) is 23.5 Å². The van der Waals surface area contributed by atoms with Crippen molar-refractivity contribution in [2.24, 2.45) is 0 Å². The number of rotatable bonds is 1. The van der Waals surface area contributed by atoms with Gasteiger partial charge in [0.15, 0.2) is 0 Å². The third kappa shape index (κ3) is 2.39. The first-order chi connectivity index (χ1) is 9.15. The van der Waals surface area contributed by atoms with Crippen LogP contribution in [0.4, 0.5) is 0 Å². The quantitative estimate of drug-likeness (QED) is 0.730. The van der Waals surface area contributed by atoms with Gasteiger partial charge in [-0.2, -0.15) is 0 Å². The van der Waals surface area contributed by atoms with Gasteiger partial charge in [0.25, 0.3) is 0 Å². The molecule has 19 heavy (non-hydrogen) atoms. The zero-order chi connectivity index (χ0) is 13.4. The van der Waals surface area contributed by atoms with E-state index in [1.54, 1.807) is 6.20 Å². The Morgan fingerprint density at radius 3 is 2.68 bits per heavy atom. The van der Waals surface area contributed by atoms with Crippen molar-refractivity contribution in [1.82, 2.24) is 14.5 Å². The molecular weight excluding hydrogens is 234 g/mol. The van der Waals surface area contributed by atoms with Gasteiger partial charge in [-0.15, -0.1) is 0 Å². The minimum atomic E-state index is 0.659. The van der Waals surface area contributed by atoms with E-state index >= 15 is 0 Å². The molecule has 0 aliphatic heterocycles. The topological polar surface area (TPSA) is 30.7 Å². The van der Waals surface area contributed by atoms with Gasteiger partial charge in [-0.3, -0.25) is 4.98 Å². The fourth-order valence-corrected chi connectivity index (χ4v) is 2.40. The van der Waals surface area contributed by atoms with Crippen LogP contribution in [0.15, 0.2) is 18.3 Å². The molecule has 3 heteroatoms. The minimum absolute atomic E-state index is 0.659. The number of nitrogens with zero attached hydrogens (tertiary/aromatic N) is 3. The highest BCUT2D eigenvalue weighted by Crippen LogP contribution is 2.37. The molecule has 3 rings (SSSR count). The second-order valence-electron chi connectivity index (χ2n) is 5.13. The average Bonchev–Trinajstić information content (AvgIpc) is 3.15. The summed E-state index contributed by atoms with van der Waals surface area (Å²) in [6.07, 6.45) is 4.34. The molecule has 1 aliphatic rings. The number of hydrogen-bond donors (Lipinski definition) is 0. The fraction of sp³-hybridized carbons (Fsp3) is 0.375. The molecule has 0 spiro atoms.